The van der Waals surface area contributed by atoms with Crippen LogP contribution in [0.2, 0.25) is 5.02 Å². The number of halogens is 1. The monoisotopic (exact) mass is 314 g/mol. The van der Waals surface area contributed by atoms with Crippen LogP contribution in [0.25, 0.3) is 5.57 Å². The average molecular weight is 315 g/mol. The minimum Gasteiger partial charge on any atom is -0.489 e. The Kier molecular flexibility index (Phi) is 3.90. The van der Waals surface area contributed by atoms with Crippen LogP contribution in [0, 0.1) is 6.92 Å². The molecule has 0 bridgehead atoms. The summed E-state index contributed by atoms with van der Waals surface area (Å²) in [6.45, 7) is 2.47. The van der Waals surface area contributed by atoms with Crippen LogP contribution in [-0.4, -0.2) is 19.7 Å². The van der Waals surface area contributed by atoms with E-state index in [2.05, 4.69) is 0 Å². The smallest absolute Gasteiger partial charge is 0.337 e. The molecule has 0 saturated carbocycles. The Bertz CT molecular complexity index is 778. The van der Waals surface area contributed by atoms with Gasteiger partial charge in [-0.2, -0.15) is 0 Å². The van der Waals surface area contributed by atoms with Gasteiger partial charge in [-0.3, -0.25) is 0 Å². The summed E-state index contributed by atoms with van der Waals surface area (Å²) in [5.74, 6) is 0.365. The van der Waals surface area contributed by atoms with Crippen molar-refractivity contribution in [3.8, 4) is 5.75 Å². The first-order chi connectivity index (χ1) is 10.6. The number of rotatable bonds is 2. The van der Waals surface area contributed by atoms with E-state index in [0.717, 1.165) is 28.0 Å². The van der Waals surface area contributed by atoms with Gasteiger partial charge >= 0.3 is 5.97 Å². The highest BCUT2D eigenvalue weighted by atomic mass is 35.5. The van der Waals surface area contributed by atoms with E-state index < -0.39 is 0 Å². The first-order valence-electron chi connectivity index (χ1n) is 6.92. The summed E-state index contributed by atoms with van der Waals surface area (Å²) >= 11 is 6.39. The fourth-order valence-corrected chi connectivity index (χ4v) is 2.87. The van der Waals surface area contributed by atoms with Gasteiger partial charge in [-0.1, -0.05) is 23.7 Å². The van der Waals surface area contributed by atoms with Gasteiger partial charge in [0.15, 0.2) is 0 Å². The number of carbonyl (C=O) groups excluding carboxylic acids is 1. The lowest BCUT2D eigenvalue weighted by molar-refractivity contribution is 0.0600. The van der Waals surface area contributed by atoms with Crippen molar-refractivity contribution in [2.24, 2.45) is 0 Å². The summed E-state index contributed by atoms with van der Waals surface area (Å²) in [6.07, 6.45) is 1.97. The van der Waals surface area contributed by atoms with Crippen molar-refractivity contribution in [1.82, 2.24) is 0 Å². The highest BCUT2D eigenvalue weighted by Crippen LogP contribution is 2.37. The molecule has 0 aliphatic carbocycles. The van der Waals surface area contributed by atoms with Gasteiger partial charge in [0.2, 0.25) is 0 Å². The quantitative estimate of drug-likeness (QED) is 0.777. The molecule has 4 heteroatoms. The Morgan fingerprint density at radius 2 is 2.00 bits per heavy atom. The predicted octanol–water partition coefficient (Wildman–Crippen LogP) is 4.26. The maximum atomic E-state index is 11.7. The van der Waals surface area contributed by atoms with Crippen LogP contribution in [0.4, 0.5) is 0 Å². The van der Waals surface area contributed by atoms with Crippen molar-refractivity contribution in [1.29, 1.82) is 0 Å². The van der Waals surface area contributed by atoms with Gasteiger partial charge in [0.05, 0.1) is 12.7 Å². The van der Waals surface area contributed by atoms with Crippen LogP contribution in [0.1, 0.15) is 27.0 Å². The van der Waals surface area contributed by atoms with Crippen molar-refractivity contribution in [2.45, 2.75) is 6.92 Å². The van der Waals surface area contributed by atoms with Gasteiger partial charge in [0, 0.05) is 16.1 Å². The average Bonchev–Trinajstić information content (AvgIpc) is 2.53. The highest BCUT2D eigenvalue weighted by molar-refractivity contribution is 6.32. The Balaban J connectivity index is 2.12. The zero-order chi connectivity index (χ0) is 15.7. The molecule has 3 rings (SSSR count). The third-order valence-corrected chi connectivity index (χ3v) is 3.94. The molecule has 1 heterocycles. The summed E-state index contributed by atoms with van der Waals surface area (Å²) in [4.78, 5) is 11.7. The number of carbonyl (C=O) groups is 1. The van der Waals surface area contributed by atoms with Gasteiger partial charge in [-0.25, -0.2) is 4.79 Å². The number of hydrogen-bond acceptors (Lipinski definition) is 3. The Morgan fingerprint density at radius 3 is 2.73 bits per heavy atom. The molecule has 3 nitrogen and oxygen atoms in total. The fourth-order valence-electron chi connectivity index (χ4n) is 2.53. The molecule has 2 aromatic carbocycles. The topological polar surface area (TPSA) is 35.5 Å². The maximum absolute atomic E-state index is 11.7. The van der Waals surface area contributed by atoms with E-state index in [4.69, 9.17) is 21.1 Å². The second-order valence-corrected chi connectivity index (χ2v) is 5.52. The van der Waals surface area contributed by atoms with E-state index in [-0.39, 0.29) is 5.97 Å². The standard InChI is InChI=1S/C18H15ClO3/c1-11-3-5-14(16(19)9-11)13-7-8-22-17-6-4-12(10-15(13)17)18(20)21-2/h3-7,9-10H,8H2,1-2H3. The lowest BCUT2D eigenvalue weighted by Crippen LogP contribution is -2.08. The van der Waals surface area contributed by atoms with Crippen LogP contribution in [0.3, 0.4) is 0 Å². The van der Waals surface area contributed by atoms with Gasteiger partial charge in [0.25, 0.3) is 0 Å². The lowest BCUT2D eigenvalue weighted by atomic mass is 9.93. The Morgan fingerprint density at radius 1 is 1.18 bits per heavy atom. The van der Waals surface area contributed by atoms with E-state index in [1.165, 1.54) is 7.11 Å². The van der Waals surface area contributed by atoms with Crippen molar-refractivity contribution < 1.29 is 14.3 Å². The fraction of sp³-hybridized carbons (Fsp3) is 0.167. The lowest BCUT2D eigenvalue weighted by Gasteiger charge is -2.20. The number of benzene rings is 2. The molecular weight excluding hydrogens is 300 g/mol. The van der Waals surface area contributed by atoms with Crippen molar-refractivity contribution in [2.75, 3.05) is 13.7 Å². The van der Waals surface area contributed by atoms with E-state index in [0.29, 0.717) is 17.2 Å². The van der Waals surface area contributed by atoms with E-state index in [1.54, 1.807) is 18.2 Å². The molecule has 0 amide bonds. The molecule has 1 aliphatic rings. The SMILES string of the molecule is COC(=O)c1ccc2c(c1)C(c1ccc(C)cc1Cl)=CCO2. The van der Waals surface area contributed by atoms with Gasteiger partial charge in [0.1, 0.15) is 12.4 Å². The van der Waals surface area contributed by atoms with Crippen LogP contribution < -0.4 is 4.74 Å². The molecule has 0 spiro atoms. The molecule has 0 saturated heterocycles. The van der Waals surface area contributed by atoms with Crippen LogP contribution in [-0.2, 0) is 4.74 Å². The molecule has 0 unspecified atom stereocenters. The molecule has 112 valence electrons. The summed E-state index contributed by atoms with van der Waals surface area (Å²) in [6, 6.07) is 11.2. The molecule has 0 atom stereocenters. The van der Waals surface area contributed by atoms with Gasteiger partial charge in [-0.15, -0.1) is 0 Å². The molecule has 22 heavy (non-hydrogen) atoms. The largest absolute Gasteiger partial charge is 0.489 e. The summed E-state index contributed by atoms with van der Waals surface area (Å²) in [5.41, 5.74) is 4.33. The molecule has 2 aromatic rings. The number of hydrogen-bond donors (Lipinski definition) is 0. The minimum atomic E-state index is -0.372. The number of aryl methyl sites for hydroxylation is 1. The third kappa shape index (κ3) is 2.60. The van der Waals surface area contributed by atoms with E-state index in [1.807, 2.05) is 31.2 Å². The summed E-state index contributed by atoms with van der Waals surface area (Å²) in [7, 11) is 1.37. The maximum Gasteiger partial charge on any atom is 0.337 e. The van der Waals surface area contributed by atoms with Crippen molar-refractivity contribution in [3.05, 3.63) is 69.8 Å². The number of ether oxygens (including phenoxy) is 2. The van der Waals surface area contributed by atoms with Crippen LogP contribution in [0.15, 0.2) is 42.5 Å². The molecule has 0 fully saturated rings. The van der Waals surface area contributed by atoms with E-state index >= 15 is 0 Å². The molecule has 0 aromatic heterocycles. The molecular formula is C18H15ClO3. The number of fused-ring (bicyclic) bond motifs is 1. The number of esters is 1. The Labute approximate surface area is 134 Å². The summed E-state index contributed by atoms with van der Waals surface area (Å²) in [5, 5.41) is 0.683. The predicted molar refractivity (Wildman–Crippen MR) is 86.5 cm³/mol. The van der Waals surface area contributed by atoms with Gasteiger partial charge < -0.3 is 9.47 Å². The molecule has 0 radical (unpaired) electrons. The van der Waals surface area contributed by atoms with E-state index in [9.17, 15) is 4.79 Å². The van der Waals surface area contributed by atoms with Crippen LogP contribution >= 0.6 is 11.6 Å². The van der Waals surface area contributed by atoms with Crippen molar-refractivity contribution in [3.63, 3.8) is 0 Å². The molecule has 0 N–H and O–H groups in total. The highest BCUT2D eigenvalue weighted by Gasteiger charge is 2.19. The van der Waals surface area contributed by atoms with Crippen LogP contribution in [0.5, 0.6) is 5.75 Å². The van der Waals surface area contributed by atoms with Gasteiger partial charge in [-0.05, 0) is 48.4 Å². The normalized spacial score (nSPS) is 13.0. The zero-order valence-corrected chi connectivity index (χ0v) is 13.1. The molecule has 1 aliphatic heterocycles. The zero-order valence-electron chi connectivity index (χ0n) is 12.4. The second-order valence-electron chi connectivity index (χ2n) is 5.11. The number of methoxy groups -OCH3 is 1. The second kappa shape index (κ2) is 5.85. The minimum absolute atomic E-state index is 0.372. The third-order valence-electron chi connectivity index (χ3n) is 3.63. The summed E-state index contributed by atoms with van der Waals surface area (Å²) < 4.78 is 10.4. The Hall–Kier alpha value is -2.26. The first kappa shape index (κ1) is 14.7. The first-order valence-corrected chi connectivity index (χ1v) is 7.30. The van der Waals surface area contributed by atoms with Crippen molar-refractivity contribution >= 4 is 23.1 Å².